The van der Waals surface area contributed by atoms with Crippen molar-refractivity contribution < 1.29 is 9.59 Å². The van der Waals surface area contributed by atoms with Crippen molar-refractivity contribution in [3.63, 3.8) is 0 Å². The molecule has 4 nitrogen and oxygen atoms in total. The molecule has 1 aromatic carbocycles. The summed E-state index contributed by atoms with van der Waals surface area (Å²) in [5.41, 5.74) is 6.25. The summed E-state index contributed by atoms with van der Waals surface area (Å²) in [5.74, 6) is -0.884. The highest BCUT2D eigenvalue weighted by Gasteiger charge is 2.09. The third-order valence-corrected chi connectivity index (χ3v) is 2.17. The number of nitrogens with two attached hydrogens (primary N) is 1. The smallest absolute Gasteiger partial charge is 0.252 e. The van der Waals surface area contributed by atoms with Gasteiger partial charge in [0.15, 0.2) is 0 Å². The predicted molar refractivity (Wildman–Crippen MR) is 60.0 cm³/mol. The normalized spacial score (nSPS) is 9.73. The lowest BCUT2D eigenvalue weighted by Crippen LogP contribution is -2.33. The van der Waals surface area contributed by atoms with E-state index in [1.54, 1.807) is 18.2 Å². The van der Waals surface area contributed by atoms with Crippen LogP contribution in [0.3, 0.4) is 0 Å². The molecular weight excluding hydrogens is 212 g/mol. The van der Waals surface area contributed by atoms with Crippen LogP contribution >= 0.6 is 12.6 Å². The maximum absolute atomic E-state index is 11.6. The molecule has 0 saturated carbocycles. The molecule has 0 spiro atoms. The summed E-state index contributed by atoms with van der Waals surface area (Å²) in [5, 5.41) is 2.42. The van der Waals surface area contributed by atoms with Crippen LogP contribution in [0, 0.1) is 6.92 Å². The molecule has 1 aromatic rings. The van der Waals surface area contributed by atoms with Gasteiger partial charge in [-0.3, -0.25) is 9.59 Å². The van der Waals surface area contributed by atoms with E-state index in [0.29, 0.717) is 10.5 Å². The second-order valence-electron chi connectivity index (χ2n) is 3.15. The second kappa shape index (κ2) is 4.84. The molecule has 0 bridgehead atoms. The topological polar surface area (TPSA) is 72.2 Å². The summed E-state index contributed by atoms with van der Waals surface area (Å²) < 4.78 is 0. The average molecular weight is 224 g/mol. The second-order valence-corrected chi connectivity index (χ2v) is 3.66. The number of carbonyl (C=O) groups excluding carboxylic acids is 2. The standard InChI is InChI=1S/C10H12N2O2S/c1-6-2-3-7(15)4-8(6)10(14)12-5-9(11)13/h2-4,15H,5H2,1H3,(H2,11,13)(H,12,14). The molecule has 0 aliphatic heterocycles. The van der Waals surface area contributed by atoms with E-state index in [-0.39, 0.29) is 12.5 Å². The van der Waals surface area contributed by atoms with Crippen molar-refractivity contribution in [1.82, 2.24) is 5.32 Å². The number of hydrogen-bond acceptors (Lipinski definition) is 3. The molecule has 15 heavy (non-hydrogen) atoms. The minimum absolute atomic E-state index is 0.158. The van der Waals surface area contributed by atoms with Gasteiger partial charge in [0.05, 0.1) is 6.54 Å². The Bertz CT molecular complexity index is 404. The van der Waals surface area contributed by atoms with Crippen LogP contribution in [0.15, 0.2) is 23.1 Å². The maximum Gasteiger partial charge on any atom is 0.252 e. The van der Waals surface area contributed by atoms with Crippen LogP contribution in [0.25, 0.3) is 0 Å². The third kappa shape index (κ3) is 3.28. The monoisotopic (exact) mass is 224 g/mol. The van der Waals surface area contributed by atoms with E-state index in [1.165, 1.54) is 0 Å². The molecule has 2 amide bonds. The number of aryl methyl sites for hydroxylation is 1. The van der Waals surface area contributed by atoms with E-state index >= 15 is 0 Å². The van der Waals surface area contributed by atoms with Crippen LogP contribution in [0.2, 0.25) is 0 Å². The van der Waals surface area contributed by atoms with Crippen molar-refractivity contribution in [1.29, 1.82) is 0 Å². The largest absolute Gasteiger partial charge is 0.368 e. The summed E-state index contributed by atoms with van der Waals surface area (Å²) in [4.78, 5) is 22.7. The van der Waals surface area contributed by atoms with Gasteiger partial charge >= 0.3 is 0 Å². The minimum Gasteiger partial charge on any atom is -0.368 e. The quantitative estimate of drug-likeness (QED) is 0.654. The van der Waals surface area contributed by atoms with Crippen LogP contribution in [0.4, 0.5) is 0 Å². The van der Waals surface area contributed by atoms with Crippen molar-refractivity contribution in [3.05, 3.63) is 29.3 Å². The number of benzene rings is 1. The van der Waals surface area contributed by atoms with Gasteiger partial charge in [-0.05, 0) is 24.6 Å². The Morgan fingerprint density at radius 2 is 2.13 bits per heavy atom. The molecule has 3 N–H and O–H groups in total. The first kappa shape index (κ1) is 11.6. The SMILES string of the molecule is Cc1ccc(S)cc1C(=O)NCC(N)=O. The van der Waals surface area contributed by atoms with Crippen molar-refractivity contribution >= 4 is 24.4 Å². The van der Waals surface area contributed by atoms with Gasteiger partial charge in [0, 0.05) is 10.5 Å². The molecule has 0 unspecified atom stereocenters. The lowest BCUT2D eigenvalue weighted by molar-refractivity contribution is -0.117. The first-order valence-corrected chi connectivity index (χ1v) is 4.81. The molecule has 0 saturated heterocycles. The van der Waals surface area contributed by atoms with Gasteiger partial charge in [-0.25, -0.2) is 0 Å². The first-order chi connectivity index (χ1) is 7.00. The van der Waals surface area contributed by atoms with E-state index in [4.69, 9.17) is 5.73 Å². The first-order valence-electron chi connectivity index (χ1n) is 4.37. The molecule has 0 aliphatic rings. The zero-order valence-corrected chi connectivity index (χ0v) is 9.17. The number of primary amides is 1. The Morgan fingerprint density at radius 1 is 1.47 bits per heavy atom. The highest BCUT2D eigenvalue weighted by Crippen LogP contribution is 2.13. The molecular formula is C10H12N2O2S. The van der Waals surface area contributed by atoms with Gasteiger partial charge in [0.25, 0.3) is 5.91 Å². The van der Waals surface area contributed by atoms with Crippen molar-refractivity contribution in [2.45, 2.75) is 11.8 Å². The Labute approximate surface area is 93.3 Å². The van der Waals surface area contributed by atoms with Crippen molar-refractivity contribution in [3.8, 4) is 0 Å². The summed E-state index contributed by atoms with van der Waals surface area (Å²) in [6, 6.07) is 5.24. The number of thiol groups is 1. The van der Waals surface area contributed by atoms with Gasteiger partial charge < -0.3 is 11.1 Å². The summed E-state index contributed by atoms with van der Waals surface area (Å²) in [7, 11) is 0. The van der Waals surface area contributed by atoms with Gasteiger partial charge in [0.2, 0.25) is 5.91 Å². The predicted octanol–water partition coefficient (Wildman–Crippen LogP) is 0.499. The zero-order valence-electron chi connectivity index (χ0n) is 8.28. The molecule has 5 heteroatoms. The molecule has 0 fully saturated rings. The number of rotatable bonds is 3. The van der Waals surface area contributed by atoms with Gasteiger partial charge in [-0.1, -0.05) is 6.07 Å². The maximum atomic E-state index is 11.6. The van der Waals surface area contributed by atoms with Gasteiger partial charge in [-0.2, -0.15) is 0 Å². The van der Waals surface area contributed by atoms with Crippen LogP contribution in [0.5, 0.6) is 0 Å². The Kier molecular flexibility index (Phi) is 3.74. The van der Waals surface area contributed by atoms with E-state index < -0.39 is 5.91 Å². The molecule has 0 heterocycles. The van der Waals surface area contributed by atoms with Crippen LogP contribution in [0.1, 0.15) is 15.9 Å². The minimum atomic E-state index is -0.567. The van der Waals surface area contributed by atoms with Gasteiger partial charge in [0.1, 0.15) is 0 Å². The van der Waals surface area contributed by atoms with E-state index in [2.05, 4.69) is 17.9 Å². The molecule has 0 radical (unpaired) electrons. The molecule has 0 atom stereocenters. The van der Waals surface area contributed by atoms with Crippen LogP contribution in [-0.4, -0.2) is 18.4 Å². The molecule has 0 aromatic heterocycles. The lowest BCUT2D eigenvalue weighted by atomic mass is 10.1. The van der Waals surface area contributed by atoms with E-state index in [0.717, 1.165) is 5.56 Å². The number of amides is 2. The fraction of sp³-hybridized carbons (Fsp3) is 0.200. The summed E-state index contributed by atoms with van der Waals surface area (Å²) in [6.07, 6.45) is 0. The fourth-order valence-electron chi connectivity index (χ4n) is 1.12. The molecule has 0 aliphatic carbocycles. The summed E-state index contributed by atoms with van der Waals surface area (Å²) in [6.45, 7) is 1.65. The molecule has 80 valence electrons. The lowest BCUT2D eigenvalue weighted by Gasteiger charge is -2.06. The highest BCUT2D eigenvalue weighted by atomic mass is 32.1. The third-order valence-electron chi connectivity index (χ3n) is 1.89. The van der Waals surface area contributed by atoms with E-state index in [1.807, 2.05) is 6.92 Å². The number of carbonyl (C=O) groups is 2. The average Bonchev–Trinajstić information content (AvgIpc) is 2.18. The zero-order chi connectivity index (χ0) is 11.4. The van der Waals surface area contributed by atoms with E-state index in [9.17, 15) is 9.59 Å². The fourth-order valence-corrected chi connectivity index (χ4v) is 1.32. The van der Waals surface area contributed by atoms with Crippen molar-refractivity contribution in [2.75, 3.05) is 6.54 Å². The highest BCUT2D eigenvalue weighted by molar-refractivity contribution is 7.80. The Morgan fingerprint density at radius 3 is 2.73 bits per heavy atom. The van der Waals surface area contributed by atoms with Crippen molar-refractivity contribution in [2.24, 2.45) is 5.73 Å². The van der Waals surface area contributed by atoms with Gasteiger partial charge in [-0.15, -0.1) is 12.6 Å². The number of nitrogens with one attached hydrogen (secondary N) is 1. The molecule has 1 rings (SSSR count). The Hall–Kier alpha value is -1.49. The van der Waals surface area contributed by atoms with Crippen LogP contribution in [-0.2, 0) is 4.79 Å². The summed E-state index contributed by atoms with van der Waals surface area (Å²) >= 11 is 4.13. The Balaban J connectivity index is 2.81. The van der Waals surface area contributed by atoms with Crippen LogP contribution < -0.4 is 11.1 Å². The number of hydrogen-bond donors (Lipinski definition) is 3.